The SMILES string of the molecule is CN(C(=O)c1ncc(-c2ccccc2)cc1F)C1(C)COC1. The van der Waals surface area contributed by atoms with Crippen LogP contribution in [0.1, 0.15) is 17.4 Å². The van der Waals surface area contributed by atoms with Gasteiger partial charge in [0.2, 0.25) is 0 Å². The lowest BCUT2D eigenvalue weighted by Gasteiger charge is -2.45. The lowest BCUT2D eigenvalue weighted by molar-refractivity contribution is -0.108. The second-order valence-corrected chi connectivity index (χ2v) is 5.77. The molecule has 0 N–H and O–H groups in total. The molecule has 2 aromatic rings. The Morgan fingerprint density at radius 1 is 1.27 bits per heavy atom. The van der Waals surface area contributed by atoms with Crippen molar-refractivity contribution in [3.63, 3.8) is 0 Å². The maximum absolute atomic E-state index is 14.3. The predicted octanol–water partition coefficient (Wildman–Crippen LogP) is 2.75. The lowest BCUT2D eigenvalue weighted by atomic mass is 9.98. The van der Waals surface area contributed by atoms with E-state index < -0.39 is 11.7 Å². The topological polar surface area (TPSA) is 42.4 Å². The number of rotatable bonds is 3. The molecule has 0 spiro atoms. The van der Waals surface area contributed by atoms with Crippen LogP contribution in [0.3, 0.4) is 0 Å². The van der Waals surface area contributed by atoms with E-state index in [1.807, 2.05) is 37.3 Å². The molecule has 0 aliphatic carbocycles. The number of carbonyl (C=O) groups excluding carboxylic acids is 1. The van der Waals surface area contributed by atoms with Crippen molar-refractivity contribution in [3.8, 4) is 11.1 Å². The number of pyridine rings is 1. The minimum Gasteiger partial charge on any atom is -0.376 e. The highest BCUT2D eigenvalue weighted by molar-refractivity contribution is 5.93. The van der Waals surface area contributed by atoms with Crippen LogP contribution in [0.25, 0.3) is 11.1 Å². The predicted molar refractivity (Wildman–Crippen MR) is 80.9 cm³/mol. The first-order chi connectivity index (χ1) is 10.5. The number of benzene rings is 1. The maximum Gasteiger partial charge on any atom is 0.275 e. The third-order valence-electron chi connectivity index (χ3n) is 4.09. The van der Waals surface area contributed by atoms with Gasteiger partial charge in [-0.25, -0.2) is 9.37 Å². The molecule has 0 bridgehead atoms. The zero-order chi connectivity index (χ0) is 15.7. The highest BCUT2D eigenvalue weighted by Gasteiger charge is 2.41. The molecule has 1 aromatic heterocycles. The molecule has 114 valence electrons. The Kier molecular flexibility index (Phi) is 3.66. The summed E-state index contributed by atoms with van der Waals surface area (Å²) < 4.78 is 19.5. The fourth-order valence-electron chi connectivity index (χ4n) is 2.38. The molecule has 5 heteroatoms. The first-order valence-corrected chi connectivity index (χ1v) is 7.08. The number of likely N-dealkylation sites (N-methyl/N-ethyl adjacent to an activating group) is 1. The summed E-state index contributed by atoms with van der Waals surface area (Å²) in [5, 5.41) is 0. The fraction of sp³-hybridized carbons (Fsp3) is 0.294. The van der Waals surface area contributed by atoms with Crippen molar-refractivity contribution < 1.29 is 13.9 Å². The Morgan fingerprint density at radius 3 is 2.50 bits per heavy atom. The summed E-state index contributed by atoms with van der Waals surface area (Å²) in [7, 11) is 1.65. The molecule has 1 aliphatic heterocycles. The zero-order valence-electron chi connectivity index (χ0n) is 12.5. The van der Waals surface area contributed by atoms with Gasteiger partial charge in [-0.15, -0.1) is 0 Å². The normalized spacial score (nSPS) is 16.0. The monoisotopic (exact) mass is 300 g/mol. The van der Waals surface area contributed by atoms with E-state index in [0.717, 1.165) is 5.56 Å². The average Bonchev–Trinajstić information content (AvgIpc) is 2.52. The largest absolute Gasteiger partial charge is 0.376 e. The number of halogens is 1. The molecule has 1 amide bonds. The van der Waals surface area contributed by atoms with Crippen LogP contribution in [0.15, 0.2) is 42.6 Å². The van der Waals surface area contributed by atoms with Crippen LogP contribution in [-0.2, 0) is 4.74 Å². The van der Waals surface area contributed by atoms with Gasteiger partial charge in [-0.1, -0.05) is 30.3 Å². The van der Waals surface area contributed by atoms with Gasteiger partial charge in [0.15, 0.2) is 11.5 Å². The van der Waals surface area contributed by atoms with E-state index >= 15 is 0 Å². The van der Waals surface area contributed by atoms with Crippen molar-refractivity contribution in [1.29, 1.82) is 0 Å². The molecule has 1 aliphatic rings. The van der Waals surface area contributed by atoms with E-state index in [4.69, 9.17) is 4.74 Å². The van der Waals surface area contributed by atoms with Crippen LogP contribution in [0.2, 0.25) is 0 Å². The summed E-state index contributed by atoms with van der Waals surface area (Å²) in [6.07, 6.45) is 1.53. The second-order valence-electron chi connectivity index (χ2n) is 5.77. The summed E-state index contributed by atoms with van der Waals surface area (Å²) in [6, 6.07) is 10.7. The van der Waals surface area contributed by atoms with Crippen LogP contribution in [0, 0.1) is 5.82 Å². The first-order valence-electron chi connectivity index (χ1n) is 7.08. The van der Waals surface area contributed by atoms with E-state index in [-0.39, 0.29) is 11.2 Å². The van der Waals surface area contributed by atoms with Crippen molar-refractivity contribution in [1.82, 2.24) is 9.88 Å². The summed E-state index contributed by atoms with van der Waals surface area (Å²) in [5.41, 5.74) is 0.968. The van der Waals surface area contributed by atoms with Crippen LogP contribution in [-0.4, -0.2) is 41.6 Å². The van der Waals surface area contributed by atoms with E-state index in [1.165, 1.54) is 17.2 Å². The van der Waals surface area contributed by atoms with Gasteiger partial charge < -0.3 is 9.64 Å². The Bertz CT molecular complexity index is 699. The number of ether oxygens (including phenoxy) is 1. The molecule has 0 saturated carbocycles. The molecule has 2 heterocycles. The van der Waals surface area contributed by atoms with E-state index in [0.29, 0.717) is 18.8 Å². The van der Waals surface area contributed by atoms with Gasteiger partial charge in [-0.3, -0.25) is 4.79 Å². The zero-order valence-corrected chi connectivity index (χ0v) is 12.5. The lowest BCUT2D eigenvalue weighted by Crippen LogP contribution is -2.60. The molecule has 0 atom stereocenters. The molecule has 1 aromatic carbocycles. The number of amides is 1. The van der Waals surface area contributed by atoms with E-state index in [1.54, 1.807) is 7.05 Å². The molecule has 0 unspecified atom stereocenters. The van der Waals surface area contributed by atoms with Crippen molar-refractivity contribution in [2.45, 2.75) is 12.5 Å². The third-order valence-corrected chi connectivity index (χ3v) is 4.09. The quantitative estimate of drug-likeness (QED) is 0.875. The van der Waals surface area contributed by atoms with Gasteiger partial charge in [0.25, 0.3) is 5.91 Å². The van der Waals surface area contributed by atoms with Gasteiger partial charge in [0, 0.05) is 18.8 Å². The Morgan fingerprint density at radius 2 is 1.95 bits per heavy atom. The second kappa shape index (κ2) is 5.50. The minimum absolute atomic E-state index is 0.157. The number of hydrogen-bond acceptors (Lipinski definition) is 3. The highest BCUT2D eigenvalue weighted by Crippen LogP contribution is 2.26. The van der Waals surface area contributed by atoms with Crippen molar-refractivity contribution in [2.24, 2.45) is 0 Å². The summed E-state index contributed by atoms with van der Waals surface area (Å²) in [5.74, 6) is -1.04. The average molecular weight is 300 g/mol. The highest BCUT2D eigenvalue weighted by atomic mass is 19.1. The van der Waals surface area contributed by atoms with E-state index in [9.17, 15) is 9.18 Å². The summed E-state index contributed by atoms with van der Waals surface area (Å²) >= 11 is 0. The standard InChI is InChI=1S/C17H17FN2O2/c1-17(10-22-11-17)20(2)16(21)15-14(18)8-13(9-19-15)12-6-4-3-5-7-12/h3-9H,10-11H2,1-2H3. The molecular formula is C17H17FN2O2. The number of carbonyl (C=O) groups is 1. The van der Waals surface area contributed by atoms with Crippen LogP contribution < -0.4 is 0 Å². The van der Waals surface area contributed by atoms with Crippen molar-refractivity contribution in [3.05, 3.63) is 54.1 Å². The number of nitrogens with zero attached hydrogens (tertiary/aromatic N) is 2. The molecule has 3 rings (SSSR count). The summed E-state index contributed by atoms with van der Waals surface area (Å²) in [6.45, 7) is 2.82. The number of hydrogen-bond donors (Lipinski definition) is 0. The molecule has 22 heavy (non-hydrogen) atoms. The Balaban J connectivity index is 1.88. The molecule has 1 fully saturated rings. The maximum atomic E-state index is 14.3. The molecule has 4 nitrogen and oxygen atoms in total. The Hall–Kier alpha value is -2.27. The van der Waals surface area contributed by atoms with Gasteiger partial charge in [-0.2, -0.15) is 0 Å². The molecule has 0 radical (unpaired) electrons. The fourth-order valence-corrected chi connectivity index (χ4v) is 2.38. The molecular weight excluding hydrogens is 283 g/mol. The summed E-state index contributed by atoms with van der Waals surface area (Å²) in [4.78, 5) is 18.0. The van der Waals surface area contributed by atoms with Gasteiger partial charge >= 0.3 is 0 Å². The smallest absolute Gasteiger partial charge is 0.275 e. The Labute approximate surface area is 128 Å². The van der Waals surface area contributed by atoms with Crippen LogP contribution >= 0.6 is 0 Å². The van der Waals surface area contributed by atoms with Crippen molar-refractivity contribution in [2.75, 3.05) is 20.3 Å². The number of aromatic nitrogens is 1. The van der Waals surface area contributed by atoms with Crippen LogP contribution in [0.5, 0.6) is 0 Å². The first kappa shape index (κ1) is 14.7. The van der Waals surface area contributed by atoms with Gasteiger partial charge in [-0.05, 0) is 18.6 Å². The van der Waals surface area contributed by atoms with Gasteiger partial charge in [0.1, 0.15) is 0 Å². The van der Waals surface area contributed by atoms with E-state index in [2.05, 4.69) is 4.98 Å². The minimum atomic E-state index is -0.609. The molecule has 1 saturated heterocycles. The third kappa shape index (κ3) is 2.48. The van der Waals surface area contributed by atoms with Crippen molar-refractivity contribution >= 4 is 5.91 Å². The van der Waals surface area contributed by atoms with Crippen LogP contribution in [0.4, 0.5) is 4.39 Å². The van der Waals surface area contributed by atoms with Gasteiger partial charge in [0.05, 0.1) is 18.8 Å².